The Balaban J connectivity index is 2.34. The molecule has 0 unspecified atom stereocenters. The predicted octanol–water partition coefficient (Wildman–Crippen LogP) is 3.59. The Labute approximate surface area is 113 Å². The molecule has 0 spiro atoms. The minimum absolute atomic E-state index is 0.472. The number of nitrogens with zero attached hydrogens (tertiary/aromatic N) is 2. The van der Waals surface area contributed by atoms with Gasteiger partial charge in [0.2, 0.25) is 0 Å². The number of anilines is 1. The lowest BCUT2D eigenvalue weighted by molar-refractivity contribution is 0.956. The number of nitrogens with two attached hydrogens (primary N) is 1. The quantitative estimate of drug-likeness (QED) is 0.680. The zero-order valence-corrected chi connectivity index (χ0v) is 12.0. The fraction of sp³-hybridized carbons (Fsp3) is 0.167. The summed E-state index contributed by atoms with van der Waals surface area (Å²) < 4.78 is 0.706. The van der Waals surface area contributed by atoms with Crippen molar-refractivity contribution in [2.24, 2.45) is 0 Å². The largest absolute Gasteiger partial charge is 0.384 e. The van der Waals surface area contributed by atoms with Gasteiger partial charge in [-0.3, -0.25) is 0 Å². The van der Waals surface area contributed by atoms with E-state index in [0.29, 0.717) is 15.6 Å². The van der Waals surface area contributed by atoms with Gasteiger partial charge >= 0.3 is 0 Å². The van der Waals surface area contributed by atoms with E-state index >= 15 is 0 Å². The number of aromatic nitrogens is 2. The van der Waals surface area contributed by atoms with E-state index in [1.54, 1.807) is 6.07 Å². The molecule has 0 aliphatic rings. The highest BCUT2D eigenvalue weighted by Gasteiger charge is 2.06. The summed E-state index contributed by atoms with van der Waals surface area (Å²) in [6.45, 7) is 4.14. The molecule has 0 radical (unpaired) electrons. The summed E-state index contributed by atoms with van der Waals surface area (Å²) in [6.07, 6.45) is 0. The summed E-state index contributed by atoms with van der Waals surface area (Å²) >= 11 is 4.84. The molecule has 5 heteroatoms. The van der Waals surface area contributed by atoms with Gasteiger partial charge in [-0.2, -0.15) is 0 Å². The number of rotatable bonds is 2. The van der Waals surface area contributed by atoms with Crippen molar-refractivity contribution in [2.45, 2.75) is 23.9 Å². The SMILES string of the molecule is Cc1ccc(C)c(Sc2nc(N)cc(Br)n2)c1. The van der Waals surface area contributed by atoms with Crippen molar-refractivity contribution >= 4 is 33.5 Å². The predicted molar refractivity (Wildman–Crippen MR) is 74.2 cm³/mol. The van der Waals surface area contributed by atoms with Crippen molar-refractivity contribution in [2.75, 3.05) is 5.73 Å². The van der Waals surface area contributed by atoms with E-state index in [1.807, 2.05) is 0 Å². The van der Waals surface area contributed by atoms with Crippen molar-refractivity contribution in [3.63, 3.8) is 0 Å². The standard InChI is InChI=1S/C12H12BrN3S/c1-7-3-4-8(2)9(5-7)17-12-15-10(13)6-11(14)16-12/h3-6H,1-2H3,(H2,14,15,16). The Morgan fingerprint density at radius 1 is 1.18 bits per heavy atom. The number of hydrogen-bond acceptors (Lipinski definition) is 4. The molecule has 1 aromatic carbocycles. The second-order valence-corrected chi connectivity index (χ2v) is 5.59. The third-order valence-electron chi connectivity index (χ3n) is 2.24. The topological polar surface area (TPSA) is 51.8 Å². The van der Waals surface area contributed by atoms with Gasteiger partial charge in [0.25, 0.3) is 0 Å². The van der Waals surface area contributed by atoms with Crippen molar-refractivity contribution in [1.29, 1.82) is 0 Å². The summed E-state index contributed by atoms with van der Waals surface area (Å²) in [5.41, 5.74) is 8.12. The van der Waals surface area contributed by atoms with Crippen LogP contribution in [0.2, 0.25) is 0 Å². The summed E-state index contributed by atoms with van der Waals surface area (Å²) in [7, 11) is 0. The molecule has 0 atom stereocenters. The molecule has 0 bridgehead atoms. The molecule has 0 aliphatic heterocycles. The molecule has 17 heavy (non-hydrogen) atoms. The molecule has 0 aliphatic carbocycles. The van der Waals surface area contributed by atoms with Gasteiger partial charge in [0, 0.05) is 11.0 Å². The molecule has 1 aromatic heterocycles. The Morgan fingerprint density at radius 2 is 1.94 bits per heavy atom. The van der Waals surface area contributed by atoms with E-state index in [0.717, 1.165) is 4.90 Å². The van der Waals surface area contributed by atoms with Gasteiger partial charge in [-0.15, -0.1) is 0 Å². The Kier molecular flexibility index (Phi) is 3.69. The van der Waals surface area contributed by atoms with Crippen LogP contribution in [-0.2, 0) is 0 Å². The first-order chi connectivity index (χ1) is 8.04. The van der Waals surface area contributed by atoms with Gasteiger partial charge < -0.3 is 5.73 Å². The first-order valence-electron chi connectivity index (χ1n) is 5.10. The highest BCUT2D eigenvalue weighted by Crippen LogP contribution is 2.29. The lowest BCUT2D eigenvalue weighted by atomic mass is 10.2. The van der Waals surface area contributed by atoms with E-state index in [1.165, 1.54) is 22.9 Å². The van der Waals surface area contributed by atoms with Crippen molar-refractivity contribution in [1.82, 2.24) is 9.97 Å². The van der Waals surface area contributed by atoms with Crippen LogP contribution in [0, 0.1) is 13.8 Å². The summed E-state index contributed by atoms with van der Waals surface area (Å²) in [6, 6.07) is 8.00. The van der Waals surface area contributed by atoms with Crippen molar-refractivity contribution < 1.29 is 0 Å². The van der Waals surface area contributed by atoms with Gasteiger partial charge in [0.05, 0.1) is 0 Å². The van der Waals surface area contributed by atoms with E-state index in [4.69, 9.17) is 5.73 Å². The minimum Gasteiger partial charge on any atom is -0.384 e. The molecule has 2 N–H and O–H groups in total. The average molecular weight is 310 g/mol. The van der Waals surface area contributed by atoms with Crippen LogP contribution in [0.25, 0.3) is 0 Å². The van der Waals surface area contributed by atoms with E-state index < -0.39 is 0 Å². The Hall–Kier alpha value is -1.07. The first-order valence-corrected chi connectivity index (χ1v) is 6.71. The summed E-state index contributed by atoms with van der Waals surface area (Å²) in [5.74, 6) is 0.472. The van der Waals surface area contributed by atoms with Gasteiger partial charge in [-0.05, 0) is 58.7 Å². The van der Waals surface area contributed by atoms with Crippen LogP contribution in [0.5, 0.6) is 0 Å². The van der Waals surface area contributed by atoms with Gasteiger partial charge in [-0.1, -0.05) is 12.1 Å². The Bertz CT molecular complexity index is 537. The molecular formula is C12H12BrN3S. The fourth-order valence-corrected chi connectivity index (χ4v) is 2.86. The highest BCUT2D eigenvalue weighted by atomic mass is 79.9. The van der Waals surface area contributed by atoms with Crippen LogP contribution in [0.1, 0.15) is 11.1 Å². The second kappa shape index (κ2) is 5.06. The van der Waals surface area contributed by atoms with E-state index in [-0.39, 0.29) is 0 Å². The minimum atomic E-state index is 0.472. The fourth-order valence-electron chi connectivity index (χ4n) is 1.37. The molecule has 0 fully saturated rings. The highest BCUT2D eigenvalue weighted by molar-refractivity contribution is 9.10. The molecule has 2 aromatic rings. The van der Waals surface area contributed by atoms with Crippen molar-refractivity contribution in [3.8, 4) is 0 Å². The van der Waals surface area contributed by atoms with E-state index in [9.17, 15) is 0 Å². The number of halogens is 1. The van der Waals surface area contributed by atoms with Crippen LogP contribution in [0.15, 0.2) is 38.9 Å². The van der Waals surface area contributed by atoms with Crippen LogP contribution in [-0.4, -0.2) is 9.97 Å². The molecule has 88 valence electrons. The third kappa shape index (κ3) is 3.20. The number of hydrogen-bond donors (Lipinski definition) is 1. The Morgan fingerprint density at radius 3 is 2.65 bits per heavy atom. The number of benzene rings is 1. The number of nitrogen functional groups attached to an aromatic ring is 1. The molecule has 0 amide bonds. The normalized spacial score (nSPS) is 10.5. The second-order valence-electron chi connectivity index (χ2n) is 3.77. The lowest BCUT2D eigenvalue weighted by Crippen LogP contribution is -1.95. The smallest absolute Gasteiger partial charge is 0.195 e. The average Bonchev–Trinajstić information content (AvgIpc) is 2.22. The molecule has 3 nitrogen and oxygen atoms in total. The van der Waals surface area contributed by atoms with Crippen LogP contribution in [0.3, 0.4) is 0 Å². The maximum absolute atomic E-state index is 5.69. The maximum atomic E-state index is 5.69. The maximum Gasteiger partial charge on any atom is 0.195 e. The molecule has 1 heterocycles. The zero-order valence-electron chi connectivity index (χ0n) is 9.57. The molecule has 0 saturated heterocycles. The van der Waals surface area contributed by atoms with Gasteiger partial charge in [0.15, 0.2) is 5.16 Å². The lowest BCUT2D eigenvalue weighted by Gasteiger charge is -2.06. The van der Waals surface area contributed by atoms with Gasteiger partial charge in [0.1, 0.15) is 10.4 Å². The summed E-state index contributed by atoms with van der Waals surface area (Å²) in [5, 5.41) is 0.658. The molecule has 2 rings (SSSR count). The molecular weight excluding hydrogens is 298 g/mol. The summed E-state index contributed by atoms with van der Waals surface area (Å²) in [4.78, 5) is 9.64. The number of aryl methyl sites for hydroxylation is 2. The van der Waals surface area contributed by atoms with Crippen LogP contribution >= 0.6 is 27.7 Å². The van der Waals surface area contributed by atoms with Crippen LogP contribution in [0.4, 0.5) is 5.82 Å². The first kappa shape index (κ1) is 12.4. The zero-order chi connectivity index (χ0) is 12.4. The van der Waals surface area contributed by atoms with E-state index in [2.05, 4.69) is 57.9 Å². The van der Waals surface area contributed by atoms with Crippen LogP contribution < -0.4 is 5.73 Å². The monoisotopic (exact) mass is 309 g/mol. The van der Waals surface area contributed by atoms with Gasteiger partial charge in [-0.25, -0.2) is 9.97 Å². The molecule has 0 saturated carbocycles. The third-order valence-corrected chi connectivity index (χ3v) is 3.67. The van der Waals surface area contributed by atoms with Crippen molar-refractivity contribution in [3.05, 3.63) is 40.0 Å².